The number of ketones is 2. The number of hydrogen-bond acceptors (Lipinski definition) is 4. The third kappa shape index (κ3) is 7.29. The normalized spacial score (nSPS) is 27.4. The van der Waals surface area contributed by atoms with E-state index in [1.54, 1.807) is 0 Å². The molecule has 0 amide bonds. The summed E-state index contributed by atoms with van der Waals surface area (Å²) in [5, 5.41) is 0. The Bertz CT molecular complexity index is 1520. The molecule has 0 aromatic heterocycles. The minimum Gasteiger partial charge on any atom is -0.364 e. The van der Waals surface area contributed by atoms with Gasteiger partial charge in [-0.15, -0.1) is 0 Å². The molecule has 2 aromatic rings. The molecule has 0 radical (unpaired) electrons. The Morgan fingerprint density at radius 1 is 0.500 bits per heavy atom. The summed E-state index contributed by atoms with van der Waals surface area (Å²) in [5.74, 6) is -0.646. The van der Waals surface area contributed by atoms with Gasteiger partial charge in [-0.2, -0.15) is 0 Å². The number of unbranched alkanes of at least 4 members (excludes halogenated alkanes) is 18. The van der Waals surface area contributed by atoms with Crippen molar-refractivity contribution in [2.24, 2.45) is 11.8 Å². The van der Waals surface area contributed by atoms with Crippen molar-refractivity contribution in [3.63, 3.8) is 0 Å². The molecule has 4 nitrogen and oxygen atoms in total. The molecular formula is C48H66O4. The Labute approximate surface area is 314 Å². The molecule has 1 saturated heterocycles. The standard InChI is InChI=1S/C48H66O4/c1-5-7-9-11-13-15-17-19-21-23-25-33-29-35-36(30-34(33)26-24-22-20-18-16-14-12-10-8-6-2)44(50)42-41(43(35)49)45-37-31-39-40(32-38(37)46(42)51-45)48(4)28-27-47(39,3)52-48/h27-32,41-42,45-46H,5-26H2,1-4H3. The first-order valence-corrected chi connectivity index (χ1v) is 21.8. The van der Waals surface area contributed by atoms with Gasteiger partial charge in [-0.3, -0.25) is 9.59 Å². The van der Waals surface area contributed by atoms with Crippen molar-refractivity contribution < 1.29 is 19.1 Å². The molecule has 7 rings (SSSR count). The second-order valence-corrected chi connectivity index (χ2v) is 17.5. The molecule has 52 heavy (non-hydrogen) atoms. The Morgan fingerprint density at radius 3 is 1.21 bits per heavy atom. The average molecular weight is 707 g/mol. The second-order valence-electron chi connectivity index (χ2n) is 17.5. The lowest BCUT2D eigenvalue weighted by molar-refractivity contribution is -0.0496. The fourth-order valence-electron chi connectivity index (χ4n) is 10.4. The number of rotatable bonds is 22. The van der Waals surface area contributed by atoms with Crippen LogP contribution in [0.15, 0.2) is 36.4 Å². The van der Waals surface area contributed by atoms with E-state index in [1.807, 2.05) is 0 Å². The topological polar surface area (TPSA) is 52.6 Å². The van der Waals surface area contributed by atoms with Crippen LogP contribution in [0.4, 0.5) is 0 Å². The summed E-state index contributed by atoms with van der Waals surface area (Å²) >= 11 is 0. The molecule has 4 heterocycles. The first-order chi connectivity index (χ1) is 25.3. The van der Waals surface area contributed by atoms with Gasteiger partial charge in [-0.05, 0) is 109 Å². The van der Waals surface area contributed by atoms with Gasteiger partial charge in [0.25, 0.3) is 0 Å². The molecule has 5 aliphatic rings. The molecule has 1 fully saturated rings. The number of fused-ring (bicyclic) bond motifs is 14. The molecule has 6 unspecified atom stereocenters. The second kappa shape index (κ2) is 16.4. The SMILES string of the molecule is CCCCCCCCCCCCc1cc2c(cc1CCCCCCCCCCCC)C(=O)C1C3OC(c4cc5c(cc43)C3(C)C=CC5(C)O3)C1C2=O. The smallest absolute Gasteiger partial charge is 0.170 e. The summed E-state index contributed by atoms with van der Waals surface area (Å²) in [5.41, 5.74) is 7.55. The number of Topliss-reactive ketones (excluding diaryl/α,β-unsaturated/α-hetero) is 2. The summed E-state index contributed by atoms with van der Waals surface area (Å²) < 4.78 is 13.1. The van der Waals surface area contributed by atoms with Crippen LogP contribution < -0.4 is 0 Å². The number of ether oxygens (including phenoxy) is 2. The quantitative estimate of drug-likeness (QED) is 0.0903. The number of hydrogen-bond donors (Lipinski definition) is 0. The molecule has 0 saturated carbocycles. The minimum atomic E-state index is -0.451. The van der Waals surface area contributed by atoms with Crippen LogP contribution in [0.2, 0.25) is 0 Å². The van der Waals surface area contributed by atoms with Gasteiger partial charge >= 0.3 is 0 Å². The molecule has 0 N–H and O–H groups in total. The zero-order valence-electron chi connectivity index (χ0n) is 33.0. The fourth-order valence-corrected chi connectivity index (χ4v) is 10.4. The highest BCUT2D eigenvalue weighted by molar-refractivity contribution is 6.17. The molecule has 4 heteroatoms. The summed E-state index contributed by atoms with van der Waals surface area (Å²) in [4.78, 5) is 29.0. The first-order valence-electron chi connectivity index (χ1n) is 21.8. The van der Waals surface area contributed by atoms with Crippen molar-refractivity contribution in [3.8, 4) is 0 Å². The van der Waals surface area contributed by atoms with E-state index in [0.29, 0.717) is 11.1 Å². The number of benzene rings is 2. The van der Waals surface area contributed by atoms with Crippen LogP contribution in [0.1, 0.15) is 222 Å². The average Bonchev–Trinajstić information content (AvgIpc) is 3.86. The Hall–Kier alpha value is -2.56. The predicted molar refractivity (Wildman–Crippen MR) is 211 cm³/mol. The predicted octanol–water partition coefficient (Wildman–Crippen LogP) is 13.1. The molecule has 4 bridgehead atoms. The van der Waals surface area contributed by atoms with Crippen LogP contribution in [0, 0.1) is 11.8 Å². The lowest BCUT2D eigenvalue weighted by atomic mass is 9.64. The van der Waals surface area contributed by atoms with Gasteiger partial charge in [0.2, 0.25) is 0 Å². The van der Waals surface area contributed by atoms with Gasteiger partial charge in [0.1, 0.15) is 11.2 Å². The lowest BCUT2D eigenvalue weighted by Crippen LogP contribution is -2.40. The Morgan fingerprint density at radius 2 is 0.846 bits per heavy atom. The summed E-state index contributed by atoms with van der Waals surface area (Å²) in [6.07, 6.45) is 31.9. The van der Waals surface area contributed by atoms with Crippen LogP contribution in [0.5, 0.6) is 0 Å². The highest BCUT2D eigenvalue weighted by Crippen LogP contribution is 2.63. The molecule has 4 aliphatic heterocycles. The van der Waals surface area contributed by atoms with Gasteiger partial charge in [0.15, 0.2) is 11.6 Å². The maximum Gasteiger partial charge on any atom is 0.170 e. The molecule has 2 aromatic carbocycles. The monoisotopic (exact) mass is 706 g/mol. The van der Waals surface area contributed by atoms with E-state index in [1.165, 1.54) is 138 Å². The van der Waals surface area contributed by atoms with Crippen LogP contribution in [-0.4, -0.2) is 11.6 Å². The molecule has 0 spiro atoms. The van der Waals surface area contributed by atoms with Crippen LogP contribution >= 0.6 is 0 Å². The number of carbonyl (C=O) groups is 2. The van der Waals surface area contributed by atoms with E-state index in [9.17, 15) is 9.59 Å². The summed E-state index contributed by atoms with van der Waals surface area (Å²) in [6, 6.07) is 8.78. The van der Waals surface area contributed by atoms with Gasteiger partial charge in [-0.25, -0.2) is 0 Å². The van der Waals surface area contributed by atoms with Gasteiger partial charge in [-0.1, -0.05) is 129 Å². The Balaban J connectivity index is 1.04. The van der Waals surface area contributed by atoms with E-state index in [-0.39, 0.29) is 23.8 Å². The summed E-state index contributed by atoms with van der Waals surface area (Å²) in [7, 11) is 0. The van der Waals surface area contributed by atoms with Crippen molar-refractivity contribution >= 4 is 11.6 Å². The van der Waals surface area contributed by atoms with Gasteiger partial charge in [0, 0.05) is 11.1 Å². The van der Waals surface area contributed by atoms with Crippen molar-refractivity contribution in [2.45, 2.75) is 192 Å². The fraction of sp³-hybridized carbons (Fsp3) is 0.667. The van der Waals surface area contributed by atoms with Crippen LogP contribution in [0.25, 0.3) is 0 Å². The maximum atomic E-state index is 14.5. The Kier molecular flexibility index (Phi) is 11.9. The van der Waals surface area contributed by atoms with Gasteiger partial charge in [0.05, 0.1) is 24.0 Å². The van der Waals surface area contributed by atoms with Crippen LogP contribution in [-0.2, 0) is 33.5 Å². The van der Waals surface area contributed by atoms with E-state index < -0.39 is 23.0 Å². The van der Waals surface area contributed by atoms with E-state index in [2.05, 4.69) is 64.1 Å². The van der Waals surface area contributed by atoms with Gasteiger partial charge < -0.3 is 9.47 Å². The molecule has 6 atom stereocenters. The number of carbonyl (C=O) groups excluding carboxylic acids is 2. The van der Waals surface area contributed by atoms with E-state index in [4.69, 9.17) is 9.47 Å². The van der Waals surface area contributed by atoms with Crippen molar-refractivity contribution in [1.82, 2.24) is 0 Å². The largest absolute Gasteiger partial charge is 0.364 e. The zero-order valence-corrected chi connectivity index (χ0v) is 33.0. The van der Waals surface area contributed by atoms with E-state index >= 15 is 0 Å². The van der Waals surface area contributed by atoms with E-state index in [0.717, 1.165) is 36.8 Å². The molecular weight excluding hydrogens is 641 g/mol. The third-order valence-electron chi connectivity index (χ3n) is 13.5. The lowest BCUT2D eigenvalue weighted by Gasteiger charge is -2.34. The zero-order chi connectivity index (χ0) is 36.3. The number of aryl methyl sites for hydroxylation is 2. The molecule has 1 aliphatic carbocycles. The van der Waals surface area contributed by atoms with Crippen molar-refractivity contribution in [3.05, 3.63) is 80.9 Å². The maximum absolute atomic E-state index is 14.5. The minimum absolute atomic E-state index is 0.115. The highest BCUT2D eigenvalue weighted by atomic mass is 16.5. The molecule has 282 valence electrons. The van der Waals surface area contributed by atoms with Crippen molar-refractivity contribution in [2.75, 3.05) is 0 Å². The third-order valence-corrected chi connectivity index (χ3v) is 13.5. The van der Waals surface area contributed by atoms with Crippen LogP contribution in [0.3, 0.4) is 0 Å². The highest BCUT2D eigenvalue weighted by Gasteiger charge is 2.62. The van der Waals surface area contributed by atoms with Crippen molar-refractivity contribution in [1.29, 1.82) is 0 Å². The summed E-state index contributed by atoms with van der Waals surface area (Å²) in [6.45, 7) is 8.81. The first kappa shape index (κ1) is 37.7.